The van der Waals surface area contributed by atoms with Gasteiger partial charge in [-0.15, -0.1) is 0 Å². The second-order valence-electron chi connectivity index (χ2n) is 4.64. The van der Waals surface area contributed by atoms with E-state index < -0.39 is 22.0 Å². The lowest BCUT2D eigenvalue weighted by Gasteiger charge is -2.21. The first-order valence-electron chi connectivity index (χ1n) is 6.46. The molecule has 0 aliphatic heterocycles. The van der Waals surface area contributed by atoms with Crippen LogP contribution in [-0.4, -0.2) is 27.5 Å². The number of carbonyl (C=O) groups excluding carboxylic acids is 1. The Bertz CT molecular complexity index is 632. The topological polar surface area (TPSA) is 96.3 Å². The zero-order chi connectivity index (χ0) is 16.0. The minimum Gasteiger partial charge on any atom is -0.468 e. The fourth-order valence-corrected chi connectivity index (χ4v) is 3.00. The summed E-state index contributed by atoms with van der Waals surface area (Å²) in [5, 5.41) is 8.71. The molecule has 0 saturated heterocycles. The molecular formula is C14H18N2O4S. The number of hydrogen-bond donors (Lipinski definition) is 1. The van der Waals surface area contributed by atoms with Crippen molar-refractivity contribution in [2.45, 2.75) is 31.2 Å². The van der Waals surface area contributed by atoms with Crippen LogP contribution in [0.1, 0.15) is 25.8 Å². The third-order valence-corrected chi connectivity index (χ3v) is 4.70. The summed E-state index contributed by atoms with van der Waals surface area (Å²) in [5.74, 6) is -0.827. The molecule has 21 heavy (non-hydrogen) atoms. The van der Waals surface area contributed by atoms with Crippen LogP contribution < -0.4 is 4.72 Å². The van der Waals surface area contributed by atoms with E-state index in [2.05, 4.69) is 9.46 Å². The highest BCUT2D eigenvalue weighted by atomic mass is 32.2. The van der Waals surface area contributed by atoms with E-state index in [1.807, 2.05) is 13.0 Å². The number of methoxy groups -OCH3 is 1. The molecule has 114 valence electrons. The second-order valence-corrected chi connectivity index (χ2v) is 6.36. The summed E-state index contributed by atoms with van der Waals surface area (Å²) < 4.78 is 31.6. The predicted octanol–water partition coefficient (Wildman–Crippen LogP) is 1.42. The van der Waals surface area contributed by atoms with Crippen LogP contribution in [0.25, 0.3) is 0 Å². The number of ether oxygens (including phenoxy) is 1. The molecular weight excluding hydrogens is 292 g/mol. The Balaban J connectivity index is 3.05. The number of benzene rings is 1. The van der Waals surface area contributed by atoms with Crippen molar-refractivity contribution in [3.05, 3.63) is 29.8 Å². The molecule has 0 aliphatic carbocycles. The molecule has 0 fully saturated rings. The van der Waals surface area contributed by atoms with E-state index in [9.17, 15) is 13.2 Å². The fourth-order valence-electron chi connectivity index (χ4n) is 1.70. The smallest absolute Gasteiger partial charge is 0.324 e. The number of carbonyl (C=O) groups is 1. The molecule has 0 radical (unpaired) electrons. The molecule has 2 atom stereocenters. The first-order valence-corrected chi connectivity index (χ1v) is 7.94. The molecule has 1 aromatic carbocycles. The van der Waals surface area contributed by atoms with Gasteiger partial charge in [-0.25, -0.2) is 8.42 Å². The highest BCUT2D eigenvalue weighted by Gasteiger charge is 2.30. The van der Waals surface area contributed by atoms with Crippen molar-refractivity contribution >= 4 is 16.0 Å². The summed E-state index contributed by atoms with van der Waals surface area (Å²) in [6.07, 6.45) is 0.621. The Morgan fingerprint density at radius 1 is 1.38 bits per heavy atom. The minimum absolute atomic E-state index is 0.00120. The van der Waals surface area contributed by atoms with E-state index in [1.165, 1.54) is 31.4 Å². The molecule has 0 aliphatic rings. The van der Waals surface area contributed by atoms with Crippen LogP contribution in [0, 0.1) is 17.2 Å². The van der Waals surface area contributed by atoms with Crippen LogP contribution in [-0.2, 0) is 19.6 Å². The molecule has 0 bridgehead atoms. The average Bonchev–Trinajstić information content (AvgIpc) is 2.51. The van der Waals surface area contributed by atoms with Gasteiger partial charge >= 0.3 is 5.97 Å². The molecule has 0 heterocycles. The molecule has 0 unspecified atom stereocenters. The summed E-state index contributed by atoms with van der Waals surface area (Å²) in [7, 11) is -2.64. The SMILES string of the molecule is CC[C@H](C)[C@@H](NS(=O)(=O)c1ccc(C#N)cc1)C(=O)OC. The minimum atomic E-state index is -3.85. The van der Waals surface area contributed by atoms with E-state index in [0.29, 0.717) is 12.0 Å². The Hall–Kier alpha value is -1.91. The summed E-state index contributed by atoms with van der Waals surface area (Å²) in [6, 6.07) is 6.43. The Morgan fingerprint density at radius 3 is 2.38 bits per heavy atom. The normalized spacial score (nSPS) is 14.0. The summed E-state index contributed by atoms with van der Waals surface area (Å²) in [5.41, 5.74) is 0.361. The van der Waals surface area contributed by atoms with Gasteiger partial charge in [-0.05, 0) is 30.2 Å². The summed E-state index contributed by atoms with van der Waals surface area (Å²) in [6.45, 7) is 3.62. The number of nitrogens with one attached hydrogen (secondary N) is 1. The van der Waals surface area contributed by atoms with Gasteiger partial charge in [0.15, 0.2) is 0 Å². The van der Waals surface area contributed by atoms with Gasteiger partial charge < -0.3 is 4.74 Å². The molecule has 1 rings (SSSR count). The number of esters is 1. The largest absolute Gasteiger partial charge is 0.468 e. The van der Waals surface area contributed by atoms with Gasteiger partial charge in [0.2, 0.25) is 10.0 Å². The lowest BCUT2D eigenvalue weighted by molar-refractivity contribution is -0.143. The van der Waals surface area contributed by atoms with Crippen LogP contribution in [0.4, 0.5) is 0 Å². The molecule has 1 N–H and O–H groups in total. The van der Waals surface area contributed by atoms with Gasteiger partial charge in [-0.1, -0.05) is 20.3 Å². The molecule has 6 nitrogen and oxygen atoms in total. The quantitative estimate of drug-likeness (QED) is 0.802. The molecule has 0 amide bonds. The van der Waals surface area contributed by atoms with E-state index in [0.717, 1.165) is 0 Å². The second kappa shape index (κ2) is 7.20. The number of hydrogen-bond acceptors (Lipinski definition) is 5. The lowest BCUT2D eigenvalue weighted by atomic mass is 10.0. The lowest BCUT2D eigenvalue weighted by Crippen LogP contribution is -2.45. The van der Waals surface area contributed by atoms with Crippen LogP contribution >= 0.6 is 0 Å². The zero-order valence-corrected chi connectivity index (χ0v) is 13.0. The number of nitrogens with zero attached hydrogens (tertiary/aromatic N) is 1. The van der Waals surface area contributed by atoms with Crippen molar-refractivity contribution in [2.24, 2.45) is 5.92 Å². The number of nitriles is 1. The standard InChI is InChI=1S/C14H18N2O4S/c1-4-10(2)13(14(17)20-3)16-21(18,19)12-7-5-11(9-15)6-8-12/h5-8,10,13,16H,4H2,1-3H3/t10-,13+/m0/s1. The number of sulfonamides is 1. The third-order valence-electron chi connectivity index (χ3n) is 3.24. The van der Waals surface area contributed by atoms with Gasteiger partial charge in [0.05, 0.1) is 23.6 Å². The average molecular weight is 310 g/mol. The molecule has 1 aromatic rings. The van der Waals surface area contributed by atoms with Crippen LogP contribution in [0.2, 0.25) is 0 Å². The van der Waals surface area contributed by atoms with Crippen LogP contribution in [0.3, 0.4) is 0 Å². The van der Waals surface area contributed by atoms with Crippen LogP contribution in [0.5, 0.6) is 0 Å². The third kappa shape index (κ3) is 4.28. The Kier molecular flexibility index (Phi) is 5.88. The van der Waals surface area contributed by atoms with E-state index in [-0.39, 0.29) is 10.8 Å². The molecule has 0 aromatic heterocycles. The number of rotatable bonds is 6. The van der Waals surface area contributed by atoms with Gasteiger partial charge in [-0.3, -0.25) is 4.79 Å². The highest BCUT2D eigenvalue weighted by molar-refractivity contribution is 7.89. The van der Waals surface area contributed by atoms with Gasteiger partial charge in [-0.2, -0.15) is 9.98 Å². The molecule has 0 spiro atoms. The zero-order valence-electron chi connectivity index (χ0n) is 12.2. The maximum absolute atomic E-state index is 12.3. The predicted molar refractivity (Wildman–Crippen MR) is 76.7 cm³/mol. The van der Waals surface area contributed by atoms with Gasteiger partial charge in [0.25, 0.3) is 0 Å². The van der Waals surface area contributed by atoms with Gasteiger partial charge in [0, 0.05) is 0 Å². The van der Waals surface area contributed by atoms with Crippen molar-refractivity contribution in [3.63, 3.8) is 0 Å². The van der Waals surface area contributed by atoms with E-state index in [1.54, 1.807) is 6.92 Å². The maximum Gasteiger partial charge on any atom is 0.324 e. The van der Waals surface area contributed by atoms with Gasteiger partial charge in [0.1, 0.15) is 6.04 Å². The summed E-state index contributed by atoms with van der Waals surface area (Å²) >= 11 is 0. The van der Waals surface area contributed by atoms with Crippen molar-refractivity contribution in [2.75, 3.05) is 7.11 Å². The first-order chi connectivity index (χ1) is 9.85. The van der Waals surface area contributed by atoms with E-state index in [4.69, 9.17) is 5.26 Å². The van der Waals surface area contributed by atoms with Crippen molar-refractivity contribution < 1.29 is 17.9 Å². The van der Waals surface area contributed by atoms with Crippen molar-refractivity contribution in [3.8, 4) is 6.07 Å². The fraction of sp³-hybridized carbons (Fsp3) is 0.429. The summed E-state index contributed by atoms with van der Waals surface area (Å²) in [4.78, 5) is 11.7. The van der Waals surface area contributed by atoms with Crippen LogP contribution in [0.15, 0.2) is 29.2 Å². The first kappa shape index (κ1) is 17.1. The van der Waals surface area contributed by atoms with E-state index >= 15 is 0 Å². The molecule has 7 heteroatoms. The Morgan fingerprint density at radius 2 is 1.95 bits per heavy atom. The Labute approximate surface area is 124 Å². The molecule has 0 saturated carbocycles. The monoisotopic (exact) mass is 310 g/mol. The van der Waals surface area contributed by atoms with Crippen molar-refractivity contribution in [1.29, 1.82) is 5.26 Å². The maximum atomic E-state index is 12.3. The highest BCUT2D eigenvalue weighted by Crippen LogP contribution is 2.15. The van der Waals surface area contributed by atoms with Crippen molar-refractivity contribution in [1.82, 2.24) is 4.72 Å².